The van der Waals surface area contributed by atoms with Crippen molar-refractivity contribution in [1.82, 2.24) is 10.3 Å². The van der Waals surface area contributed by atoms with Crippen molar-refractivity contribution in [3.8, 4) is 0 Å². The maximum absolute atomic E-state index is 11.6. The molecule has 5 heteroatoms. The highest BCUT2D eigenvalue weighted by Gasteiger charge is 2.25. The number of H-pyrrole nitrogens is 1. The van der Waals surface area contributed by atoms with Crippen molar-refractivity contribution in [2.75, 3.05) is 0 Å². The summed E-state index contributed by atoms with van der Waals surface area (Å²) in [6.45, 7) is 2.06. The molecule has 2 amide bonds. The second-order valence-corrected chi connectivity index (χ2v) is 5.28. The van der Waals surface area contributed by atoms with Crippen LogP contribution in [0.3, 0.4) is 0 Å². The molecule has 0 aliphatic carbocycles. The van der Waals surface area contributed by atoms with Crippen molar-refractivity contribution in [3.63, 3.8) is 0 Å². The van der Waals surface area contributed by atoms with Crippen LogP contribution in [0.4, 0.5) is 4.79 Å². The van der Waals surface area contributed by atoms with Crippen molar-refractivity contribution in [2.45, 2.75) is 13.3 Å². The number of nitrogens with one attached hydrogen (secondary N) is 2. The number of benzene rings is 1. The number of aromatic nitrogens is 1. The van der Waals surface area contributed by atoms with E-state index in [1.807, 2.05) is 24.3 Å². The Bertz CT molecular complexity index is 715. The molecule has 19 heavy (non-hydrogen) atoms. The van der Waals surface area contributed by atoms with Crippen LogP contribution >= 0.6 is 11.8 Å². The summed E-state index contributed by atoms with van der Waals surface area (Å²) in [6, 6.07) is 7.95. The van der Waals surface area contributed by atoms with Crippen LogP contribution in [0.5, 0.6) is 0 Å². The number of imide groups is 1. The molecular formula is C14H12N2O2S. The van der Waals surface area contributed by atoms with Crippen LogP contribution in [0.2, 0.25) is 0 Å². The van der Waals surface area contributed by atoms with Gasteiger partial charge in [-0.2, -0.15) is 0 Å². The van der Waals surface area contributed by atoms with Gasteiger partial charge >= 0.3 is 0 Å². The van der Waals surface area contributed by atoms with E-state index in [0.29, 0.717) is 4.91 Å². The van der Waals surface area contributed by atoms with E-state index in [9.17, 15) is 9.59 Å². The number of amides is 2. The molecule has 1 fully saturated rings. The summed E-state index contributed by atoms with van der Waals surface area (Å²) in [6.07, 6.45) is 2.64. The van der Waals surface area contributed by atoms with Crippen LogP contribution in [0.25, 0.3) is 17.0 Å². The van der Waals surface area contributed by atoms with Gasteiger partial charge in [0.05, 0.1) is 4.91 Å². The molecule has 1 saturated heterocycles. The van der Waals surface area contributed by atoms with Crippen molar-refractivity contribution in [3.05, 3.63) is 40.4 Å². The van der Waals surface area contributed by atoms with Crippen LogP contribution < -0.4 is 5.32 Å². The van der Waals surface area contributed by atoms with E-state index in [-0.39, 0.29) is 11.1 Å². The quantitative estimate of drug-likeness (QED) is 0.826. The number of rotatable bonds is 2. The van der Waals surface area contributed by atoms with Gasteiger partial charge in [0.1, 0.15) is 0 Å². The van der Waals surface area contributed by atoms with Gasteiger partial charge in [-0.25, -0.2) is 0 Å². The summed E-state index contributed by atoms with van der Waals surface area (Å²) < 4.78 is 0. The number of fused-ring (bicyclic) bond motifs is 1. The van der Waals surface area contributed by atoms with E-state index in [2.05, 4.69) is 17.2 Å². The molecule has 1 aromatic carbocycles. The summed E-state index contributed by atoms with van der Waals surface area (Å²) in [5, 5.41) is 3.03. The van der Waals surface area contributed by atoms with E-state index in [4.69, 9.17) is 0 Å². The lowest BCUT2D eigenvalue weighted by Crippen LogP contribution is -2.17. The van der Waals surface area contributed by atoms with Crippen LogP contribution in [-0.4, -0.2) is 16.1 Å². The molecule has 0 saturated carbocycles. The molecule has 96 valence electrons. The fourth-order valence-electron chi connectivity index (χ4n) is 2.22. The highest BCUT2D eigenvalue weighted by Crippen LogP contribution is 2.30. The fraction of sp³-hybridized carbons (Fsp3) is 0.143. The molecule has 2 N–H and O–H groups in total. The number of thioether (sulfide) groups is 1. The molecule has 0 spiro atoms. The number of carbonyl (C=O) groups is 2. The minimum absolute atomic E-state index is 0.311. The predicted octanol–water partition coefficient (Wildman–Crippen LogP) is 3.05. The topological polar surface area (TPSA) is 62.0 Å². The van der Waals surface area contributed by atoms with Gasteiger partial charge in [-0.1, -0.05) is 25.1 Å². The zero-order valence-corrected chi connectivity index (χ0v) is 11.1. The Morgan fingerprint density at radius 3 is 2.74 bits per heavy atom. The Balaban J connectivity index is 2.17. The molecule has 0 atom stereocenters. The molecule has 1 aromatic heterocycles. The summed E-state index contributed by atoms with van der Waals surface area (Å²) in [5.41, 5.74) is 3.10. The zero-order valence-electron chi connectivity index (χ0n) is 10.3. The Morgan fingerprint density at radius 1 is 1.26 bits per heavy atom. The van der Waals surface area contributed by atoms with Crippen molar-refractivity contribution in [2.24, 2.45) is 0 Å². The first-order valence-electron chi connectivity index (χ1n) is 6.03. The van der Waals surface area contributed by atoms with E-state index in [1.54, 1.807) is 6.08 Å². The molecule has 3 rings (SSSR count). The van der Waals surface area contributed by atoms with Gasteiger partial charge in [-0.15, -0.1) is 0 Å². The van der Waals surface area contributed by atoms with Crippen molar-refractivity contribution >= 4 is 39.9 Å². The van der Waals surface area contributed by atoms with Gasteiger partial charge in [0.15, 0.2) is 0 Å². The summed E-state index contributed by atoms with van der Waals surface area (Å²) in [4.78, 5) is 26.6. The molecule has 0 bridgehead atoms. The largest absolute Gasteiger partial charge is 0.358 e. The minimum Gasteiger partial charge on any atom is -0.358 e. The molecule has 1 aliphatic heterocycles. The van der Waals surface area contributed by atoms with E-state index >= 15 is 0 Å². The summed E-state index contributed by atoms with van der Waals surface area (Å²) in [7, 11) is 0. The molecule has 2 heterocycles. The molecular weight excluding hydrogens is 260 g/mol. The summed E-state index contributed by atoms with van der Waals surface area (Å²) in [5.74, 6) is -0.317. The maximum atomic E-state index is 11.6. The SMILES string of the molecule is CCc1[nH]c2ccccc2c1C=C1SC(=O)NC1=O. The highest BCUT2D eigenvalue weighted by molar-refractivity contribution is 8.18. The van der Waals surface area contributed by atoms with Crippen LogP contribution in [0.15, 0.2) is 29.2 Å². The Kier molecular flexibility index (Phi) is 2.91. The van der Waals surface area contributed by atoms with Gasteiger partial charge in [-0.3, -0.25) is 14.9 Å². The monoisotopic (exact) mass is 272 g/mol. The van der Waals surface area contributed by atoms with Crippen LogP contribution in [-0.2, 0) is 11.2 Å². The number of aromatic amines is 1. The first kappa shape index (κ1) is 12.0. The van der Waals surface area contributed by atoms with Crippen molar-refractivity contribution < 1.29 is 9.59 Å². The Hall–Kier alpha value is -2.01. The number of hydrogen-bond donors (Lipinski definition) is 2. The molecule has 2 aromatic rings. The average molecular weight is 272 g/mol. The standard InChI is InChI=1S/C14H12N2O2S/c1-2-10-9(7-12-13(17)16-14(18)19-12)8-5-3-4-6-11(8)15-10/h3-7,15H,2H2,1H3,(H,16,17,18). The van der Waals surface area contributed by atoms with E-state index in [1.165, 1.54) is 0 Å². The number of aryl methyl sites for hydroxylation is 1. The lowest BCUT2D eigenvalue weighted by Gasteiger charge is -1.97. The van der Waals surface area contributed by atoms with Gasteiger partial charge < -0.3 is 4.98 Å². The third-order valence-electron chi connectivity index (χ3n) is 3.10. The summed E-state index contributed by atoms with van der Waals surface area (Å²) >= 11 is 0.947. The van der Waals surface area contributed by atoms with E-state index in [0.717, 1.165) is 40.3 Å². The highest BCUT2D eigenvalue weighted by atomic mass is 32.2. The molecule has 0 radical (unpaired) electrons. The maximum Gasteiger partial charge on any atom is 0.290 e. The smallest absolute Gasteiger partial charge is 0.290 e. The lowest BCUT2D eigenvalue weighted by atomic mass is 10.1. The minimum atomic E-state index is -0.317. The number of hydrogen-bond acceptors (Lipinski definition) is 3. The number of para-hydroxylation sites is 1. The molecule has 1 aliphatic rings. The molecule has 0 unspecified atom stereocenters. The first-order chi connectivity index (χ1) is 9.19. The third-order valence-corrected chi connectivity index (χ3v) is 3.91. The second kappa shape index (κ2) is 4.59. The van der Waals surface area contributed by atoms with E-state index < -0.39 is 0 Å². The van der Waals surface area contributed by atoms with Gasteiger partial charge in [0, 0.05) is 22.2 Å². The fourth-order valence-corrected chi connectivity index (χ4v) is 2.88. The Morgan fingerprint density at radius 2 is 2.05 bits per heavy atom. The van der Waals surface area contributed by atoms with Gasteiger partial charge in [0.2, 0.25) is 0 Å². The van der Waals surface area contributed by atoms with Gasteiger partial charge in [-0.05, 0) is 30.3 Å². The third kappa shape index (κ3) is 2.06. The van der Waals surface area contributed by atoms with Gasteiger partial charge in [0.25, 0.3) is 11.1 Å². The second-order valence-electron chi connectivity index (χ2n) is 4.27. The lowest BCUT2D eigenvalue weighted by molar-refractivity contribution is -0.115. The zero-order chi connectivity index (χ0) is 13.4. The molecule has 4 nitrogen and oxygen atoms in total. The van der Waals surface area contributed by atoms with Crippen LogP contribution in [0.1, 0.15) is 18.2 Å². The van der Waals surface area contributed by atoms with Crippen molar-refractivity contribution in [1.29, 1.82) is 0 Å². The number of carbonyl (C=O) groups excluding carboxylic acids is 2. The Labute approximate surface area is 114 Å². The average Bonchev–Trinajstić information content (AvgIpc) is 2.91. The predicted molar refractivity (Wildman–Crippen MR) is 76.8 cm³/mol. The van der Waals surface area contributed by atoms with Crippen LogP contribution in [0, 0.1) is 0 Å². The normalized spacial score (nSPS) is 17.4. The first-order valence-corrected chi connectivity index (χ1v) is 6.85.